The van der Waals surface area contributed by atoms with Gasteiger partial charge in [-0.1, -0.05) is 6.92 Å². The van der Waals surface area contributed by atoms with Crippen LogP contribution in [-0.2, 0) is 0 Å². The van der Waals surface area contributed by atoms with Crippen molar-refractivity contribution in [2.75, 3.05) is 18.0 Å². The van der Waals surface area contributed by atoms with Gasteiger partial charge in [-0.05, 0) is 56.7 Å². The molecule has 0 saturated heterocycles. The van der Waals surface area contributed by atoms with Gasteiger partial charge in [0.2, 0.25) is 0 Å². The molecular formula is C16H24FNO. The smallest absolute Gasteiger partial charge is 0.126 e. The van der Waals surface area contributed by atoms with Gasteiger partial charge in [-0.3, -0.25) is 0 Å². The Morgan fingerprint density at radius 2 is 2.11 bits per heavy atom. The molecule has 0 unspecified atom stereocenters. The first kappa shape index (κ1) is 14.3. The average Bonchev–Trinajstić information content (AvgIpc) is 3.15. The van der Waals surface area contributed by atoms with Crippen LogP contribution in [0.15, 0.2) is 12.1 Å². The van der Waals surface area contributed by atoms with Crippen LogP contribution in [0, 0.1) is 18.7 Å². The van der Waals surface area contributed by atoms with E-state index in [1.807, 2.05) is 6.07 Å². The topological polar surface area (TPSA) is 23.5 Å². The van der Waals surface area contributed by atoms with Crippen LogP contribution in [0.4, 0.5) is 10.1 Å². The van der Waals surface area contributed by atoms with E-state index in [1.165, 1.54) is 18.9 Å². The molecule has 1 N–H and O–H groups in total. The zero-order valence-corrected chi connectivity index (χ0v) is 12.1. The van der Waals surface area contributed by atoms with Crippen LogP contribution in [0.25, 0.3) is 0 Å². The Hall–Kier alpha value is -1.09. The van der Waals surface area contributed by atoms with Gasteiger partial charge in [-0.25, -0.2) is 4.39 Å². The van der Waals surface area contributed by atoms with Crippen molar-refractivity contribution in [2.45, 2.75) is 46.1 Å². The van der Waals surface area contributed by atoms with E-state index >= 15 is 0 Å². The van der Waals surface area contributed by atoms with E-state index in [2.05, 4.69) is 11.8 Å². The fraction of sp³-hybridized carbons (Fsp3) is 0.625. The van der Waals surface area contributed by atoms with Crippen LogP contribution in [0.3, 0.4) is 0 Å². The Kier molecular flexibility index (Phi) is 4.46. The summed E-state index contributed by atoms with van der Waals surface area (Å²) in [6.07, 6.45) is 3.01. The molecule has 106 valence electrons. The van der Waals surface area contributed by atoms with Crippen molar-refractivity contribution >= 4 is 5.69 Å². The van der Waals surface area contributed by atoms with E-state index < -0.39 is 6.10 Å². The lowest BCUT2D eigenvalue weighted by Gasteiger charge is -2.28. The molecule has 1 saturated carbocycles. The van der Waals surface area contributed by atoms with E-state index in [9.17, 15) is 9.50 Å². The van der Waals surface area contributed by atoms with E-state index in [4.69, 9.17) is 0 Å². The zero-order chi connectivity index (χ0) is 14.0. The summed E-state index contributed by atoms with van der Waals surface area (Å²) in [6.45, 7) is 7.62. The monoisotopic (exact) mass is 265 g/mol. The quantitative estimate of drug-likeness (QED) is 0.845. The number of hydrogen-bond donors (Lipinski definition) is 1. The summed E-state index contributed by atoms with van der Waals surface area (Å²) in [5.41, 5.74) is 2.36. The van der Waals surface area contributed by atoms with Crippen LogP contribution in [0.1, 0.15) is 50.3 Å². The summed E-state index contributed by atoms with van der Waals surface area (Å²) in [6, 6.07) is 3.38. The van der Waals surface area contributed by atoms with Gasteiger partial charge in [-0.2, -0.15) is 0 Å². The van der Waals surface area contributed by atoms with Crippen molar-refractivity contribution < 1.29 is 9.50 Å². The molecular weight excluding hydrogens is 241 g/mol. The molecule has 0 heterocycles. The van der Waals surface area contributed by atoms with Gasteiger partial charge in [0.15, 0.2) is 0 Å². The summed E-state index contributed by atoms with van der Waals surface area (Å²) >= 11 is 0. The third-order valence-corrected chi connectivity index (χ3v) is 3.77. The fourth-order valence-corrected chi connectivity index (χ4v) is 2.48. The third-order valence-electron chi connectivity index (χ3n) is 3.77. The van der Waals surface area contributed by atoms with Gasteiger partial charge in [0.1, 0.15) is 5.82 Å². The Morgan fingerprint density at radius 1 is 1.42 bits per heavy atom. The molecule has 1 aromatic carbocycles. The summed E-state index contributed by atoms with van der Waals surface area (Å²) in [4.78, 5) is 2.31. The molecule has 0 spiro atoms. The number of rotatable bonds is 6. The number of anilines is 1. The largest absolute Gasteiger partial charge is 0.389 e. The van der Waals surface area contributed by atoms with Crippen molar-refractivity contribution in [2.24, 2.45) is 5.92 Å². The van der Waals surface area contributed by atoms with Gasteiger partial charge in [0, 0.05) is 24.3 Å². The van der Waals surface area contributed by atoms with Gasteiger partial charge in [-0.15, -0.1) is 0 Å². The van der Waals surface area contributed by atoms with Crippen molar-refractivity contribution in [1.82, 2.24) is 0 Å². The van der Waals surface area contributed by atoms with Gasteiger partial charge in [0.25, 0.3) is 0 Å². The van der Waals surface area contributed by atoms with Crippen LogP contribution >= 0.6 is 0 Å². The molecule has 19 heavy (non-hydrogen) atoms. The standard InChI is InChI=1S/C16H24FNO/c1-4-7-18(10-13-5-6-13)16-8-11(2)15(17)9-14(16)12(3)19/h8-9,12-13,19H,4-7,10H2,1-3H3/t12-/m0/s1. The number of halogens is 1. The normalized spacial score (nSPS) is 16.5. The highest BCUT2D eigenvalue weighted by molar-refractivity contribution is 5.57. The van der Waals surface area contributed by atoms with Gasteiger partial charge >= 0.3 is 0 Å². The first-order valence-corrected chi connectivity index (χ1v) is 7.26. The molecule has 1 aliphatic rings. The molecule has 0 aromatic heterocycles. The first-order valence-electron chi connectivity index (χ1n) is 7.26. The lowest BCUT2D eigenvalue weighted by atomic mass is 10.0. The van der Waals surface area contributed by atoms with Crippen LogP contribution in [-0.4, -0.2) is 18.2 Å². The molecule has 1 aromatic rings. The minimum atomic E-state index is -0.636. The summed E-state index contributed by atoms with van der Waals surface area (Å²) in [7, 11) is 0. The SMILES string of the molecule is CCCN(CC1CC1)c1cc(C)c(F)cc1[C@H](C)O. The van der Waals surface area contributed by atoms with Gasteiger partial charge in [0.05, 0.1) is 6.10 Å². The second-order valence-corrected chi connectivity index (χ2v) is 5.73. The first-order chi connectivity index (χ1) is 9.02. The van der Waals surface area contributed by atoms with E-state index in [0.29, 0.717) is 11.1 Å². The minimum absolute atomic E-state index is 0.234. The lowest BCUT2D eigenvalue weighted by molar-refractivity contribution is 0.199. The highest BCUT2D eigenvalue weighted by Crippen LogP contribution is 2.35. The van der Waals surface area contributed by atoms with Crippen LogP contribution in [0.5, 0.6) is 0 Å². The predicted octanol–water partition coefficient (Wildman–Crippen LogP) is 3.81. The molecule has 0 amide bonds. The van der Waals surface area contributed by atoms with Crippen LogP contribution in [0.2, 0.25) is 0 Å². The molecule has 2 rings (SSSR count). The number of aliphatic hydroxyl groups is 1. The van der Waals surface area contributed by atoms with E-state index in [-0.39, 0.29) is 5.82 Å². The Balaban J connectivity index is 2.34. The predicted molar refractivity (Wildman–Crippen MR) is 77.0 cm³/mol. The Morgan fingerprint density at radius 3 is 2.63 bits per heavy atom. The zero-order valence-electron chi connectivity index (χ0n) is 12.1. The Bertz CT molecular complexity index is 441. The number of aliphatic hydroxyl groups excluding tert-OH is 1. The summed E-state index contributed by atoms with van der Waals surface area (Å²) < 4.78 is 13.7. The van der Waals surface area contributed by atoms with Crippen molar-refractivity contribution in [1.29, 1.82) is 0 Å². The third kappa shape index (κ3) is 3.47. The number of benzene rings is 1. The molecule has 1 atom stereocenters. The Labute approximate surface area is 115 Å². The molecule has 0 aliphatic heterocycles. The number of hydrogen-bond acceptors (Lipinski definition) is 2. The molecule has 2 nitrogen and oxygen atoms in total. The molecule has 0 bridgehead atoms. The summed E-state index contributed by atoms with van der Waals surface area (Å²) in [5.74, 6) is 0.543. The number of aryl methyl sites for hydroxylation is 1. The highest BCUT2D eigenvalue weighted by Gasteiger charge is 2.26. The maximum absolute atomic E-state index is 13.7. The molecule has 1 fully saturated rings. The molecule has 1 aliphatic carbocycles. The van der Waals surface area contributed by atoms with Crippen LogP contribution < -0.4 is 4.90 Å². The van der Waals surface area contributed by atoms with Gasteiger partial charge < -0.3 is 10.0 Å². The van der Waals surface area contributed by atoms with Crippen molar-refractivity contribution in [3.8, 4) is 0 Å². The van der Waals surface area contributed by atoms with E-state index in [1.54, 1.807) is 13.8 Å². The molecule has 0 radical (unpaired) electrons. The highest BCUT2D eigenvalue weighted by atomic mass is 19.1. The minimum Gasteiger partial charge on any atom is -0.389 e. The average molecular weight is 265 g/mol. The second-order valence-electron chi connectivity index (χ2n) is 5.73. The fourth-order valence-electron chi connectivity index (χ4n) is 2.48. The summed E-state index contributed by atoms with van der Waals surface area (Å²) in [5, 5.41) is 9.89. The lowest BCUT2D eigenvalue weighted by Crippen LogP contribution is -2.28. The molecule has 3 heteroatoms. The van der Waals surface area contributed by atoms with Crippen molar-refractivity contribution in [3.05, 3.63) is 29.1 Å². The van der Waals surface area contributed by atoms with E-state index in [0.717, 1.165) is 31.1 Å². The maximum atomic E-state index is 13.7. The maximum Gasteiger partial charge on any atom is 0.126 e. The number of nitrogens with zero attached hydrogens (tertiary/aromatic N) is 1. The second kappa shape index (κ2) is 5.91. The van der Waals surface area contributed by atoms with Crippen molar-refractivity contribution in [3.63, 3.8) is 0 Å².